The molecule has 0 radical (unpaired) electrons. The van der Waals surface area contributed by atoms with Crippen molar-refractivity contribution in [2.45, 2.75) is 27.3 Å². The Morgan fingerprint density at radius 1 is 1.32 bits per heavy atom. The minimum atomic E-state index is 0.0598. The summed E-state index contributed by atoms with van der Waals surface area (Å²) >= 11 is 7.92. The van der Waals surface area contributed by atoms with Crippen LogP contribution in [0.1, 0.15) is 26.3 Å². The zero-order chi connectivity index (χ0) is 16.2. The number of fused-ring (bicyclic) bond motifs is 1. The summed E-state index contributed by atoms with van der Waals surface area (Å²) in [7, 11) is 2.12. The summed E-state index contributed by atoms with van der Waals surface area (Å²) in [5.41, 5.74) is 1.38. The SMILES string of the molecule is CN(C/C=C/C#CC(C)(C)C)Cc1cccc2c(Cl)csc12. The predicted octanol–water partition coefficient (Wildman–Crippen LogP) is 5.59. The van der Waals surface area contributed by atoms with E-state index in [0.29, 0.717) is 0 Å². The molecule has 116 valence electrons. The Morgan fingerprint density at radius 2 is 2.09 bits per heavy atom. The molecular formula is C19H22ClNS. The number of rotatable bonds is 4. The van der Waals surface area contributed by atoms with Gasteiger partial charge in [0.2, 0.25) is 0 Å². The van der Waals surface area contributed by atoms with Crippen LogP contribution >= 0.6 is 22.9 Å². The third-order valence-corrected chi connectivity index (χ3v) is 4.65. The zero-order valence-electron chi connectivity index (χ0n) is 13.6. The van der Waals surface area contributed by atoms with E-state index in [1.807, 2.05) is 11.5 Å². The Labute approximate surface area is 142 Å². The number of hydrogen-bond donors (Lipinski definition) is 0. The molecule has 1 aromatic carbocycles. The first kappa shape index (κ1) is 17.1. The lowest BCUT2D eigenvalue weighted by atomic mass is 9.98. The molecule has 0 saturated carbocycles. The van der Waals surface area contributed by atoms with Crippen molar-refractivity contribution in [3.05, 3.63) is 46.3 Å². The lowest BCUT2D eigenvalue weighted by Crippen LogP contribution is -2.17. The Hall–Kier alpha value is -1.27. The molecule has 0 amide bonds. The maximum absolute atomic E-state index is 6.21. The van der Waals surface area contributed by atoms with Crippen LogP contribution in [0, 0.1) is 17.3 Å². The number of halogens is 1. The van der Waals surface area contributed by atoms with E-state index in [9.17, 15) is 0 Å². The molecule has 1 nitrogen and oxygen atoms in total. The van der Waals surface area contributed by atoms with Gasteiger partial charge in [-0.1, -0.05) is 47.7 Å². The molecule has 0 saturated heterocycles. The van der Waals surface area contributed by atoms with E-state index in [4.69, 9.17) is 11.6 Å². The summed E-state index contributed by atoms with van der Waals surface area (Å²) in [6.45, 7) is 8.14. The van der Waals surface area contributed by atoms with E-state index >= 15 is 0 Å². The fourth-order valence-corrected chi connectivity index (χ4v) is 3.40. The van der Waals surface area contributed by atoms with Gasteiger partial charge in [0.25, 0.3) is 0 Å². The summed E-state index contributed by atoms with van der Waals surface area (Å²) in [4.78, 5) is 2.28. The summed E-state index contributed by atoms with van der Waals surface area (Å²) in [6.07, 6.45) is 4.06. The van der Waals surface area contributed by atoms with Crippen LogP contribution in [0.3, 0.4) is 0 Å². The summed E-state index contributed by atoms with van der Waals surface area (Å²) in [5, 5.41) is 4.02. The van der Waals surface area contributed by atoms with Crippen molar-refractivity contribution in [3.8, 4) is 11.8 Å². The van der Waals surface area contributed by atoms with Crippen molar-refractivity contribution in [1.29, 1.82) is 0 Å². The van der Waals surface area contributed by atoms with Gasteiger partial charge in [-0.3, -0.25) is 4.90 Å². The lowest BCUT2D eigenvalue weighted by molar-refractivity contribution is 0.365. The zero-order valence-corrected chi connectivity index (χ0v) is 15.2. The molecule has 2 aromatic rings. The summed E-state index contributed by atoms with van der Waals surface area (Å²) in [5.74, 6) is 6.31. The van der Waals surface area contributed by atoms with Crippen LogP contribution in [0.15, 0.2) is 35.7 Å². The van der Waals surface area contributed by atoms with E-state index in [-0.39, 0.29) is 5.41 Å². The van der Waals surface area contributed by atoms with Crippen molar-refractivity contribution in [2.24, 2.45) is 5.41 Å². The highest BCUT2D eigenvalue weighted by atomic mass is 35.5. The minimum Gasteiger partial charge on any atom is -0.298 e. The van der Waals surface area contributed by atoms with Crippen LogP contribution in [-0.4, -0.2) is 18.5 Å². The van der Waals surface area contributed by atoms with Crippen LogP contribution < -0.4 is 0 Å². The smallest absolute Gasteiger partial charge is 0.0591 e. The molecule has 0 N–H and O–H groups in total. The van der Waals surface area contributed by atoms with Crippen LogP contribution in [0.5, 0.6) is 0 Å². The van der Waals surface area contributed by atoms with Crippen molar-refractivity contribution in [3.63, 3.8) is 0 Å². The van der Waals surface area contributed by atoms with Crippen LogP contribution in [-0.2, 0) is 6.54 Å². The van der Waals surface area contributed by atoms with Gasteiger partial charge in [0.1, 0.15) is 0 Å². The number of thiophene rings is 1. The predicted molar refractivity (Wildman–Crippen MR) is 99.5 cm³/mol. The molecule has 0 unspecified atom stereocenters. The molecule has 0 atom stereocenters. The van der Waals surface area contributed by atoms with Crippen LogP contribution in [0.4, 0.5) is 0 Å². The van der Waals surface area contributed by atoms with Crippen molar-refractivity contribution >= 4 is 33.0 Å². The highest BCUT2D eigenvalue weighted by Crippen LogP contribution is 2.32. The molecular weight excluding hydrogens is 310 g/mol. The number of allylic oxidation sites excluding steroid dienone is 1. The minimum absolute atomic E-state index is 0.0598. The van der Waals surface area contributed by atoms with Crippen LogP contribution in [0.2, 0.25) is 5.02 Å². The Kier molecular flexibility index (Phi) is 5.69. The van der Waals surface area contributed by atoms with Crippen LogP contribution in [0.25, 0.3) is 10.1 Å². The monoisotopic (exact) mass is 331 g/mol. The van der Waals surface area contributed by atoms with Gasteiger partial charge in [-0.05, 0) is 39.5 Å². The molecule has 0 aliphatic rings. The molecule has 2 rings (SSSR count). The number of hydrogen-bond acceptors (Lipinski definition) is 2. The van der Waals surface area contributed by atoms with Crippen molar-refractivity contribution in [2.75, 3.05) is 13.6 Å². The first-order valence-corrected chi connectivity index (χ1v) is 8.63. The van der Waals surface area contributed by atoms with E-state index in [1.54, 1.807) is 11.3 Å². The Bertz CT molecular complexity index is 725. The van der Waals surface area contributed by atoms with Gasteiger partial charge in [0.05, 0.1) is 5.02 Å². The third kappa shape index (κ3) is 4.88. The van der Waals surface area contributed by atoms with E-state index in [1.165, 1.54) is 10.3 Å². The van der Waals surface area contributed by atoms with Gasteiger partial charge in [0.15, 0.2) is 0 Å². The van der Waals surface area contributed by atoms with Gasteiger partial charge in [0, 0.05) is 34.0 Å². The molecule has 22 heavy (non-hydrogen) atoms. The Morgan fingerprint density at radius 3 is 2.82 bits per heavy atom. The summed E-state index contributed by atoms with van der Waals surface area (Å²) < 4.78 is 1.29. The average Bonchev–Trinajstić information content (AvgIpc) is 2.80. The third-order valence-electron chi connectivity index (χ3n) is 3.14. The van der Waals surface area contributed by atoms with Crippen molar-refractivity contribution < 1.29 is 0 Å². The maximum Gasteiger partial charge on any atom is 0.0591 e. The highest BCUT2D eigenvalue weighted by molar-refractivity contribution is 7.18. The first-order chi connectivity index (χ1) is 10.4. The number of nitrogens with zero attached hydrogens (tertiary/aromatic N) is 1. The fraction of sp³-hybridized carbons (Fsp3) is 0.368. The average molecular weight is 332 g/mol. The molecule has 0 fully saturated rings. The molecule has 0 aliphatic heterocycles. The quantitative estimate of drug-likeness (QED) is 0.660. The second-order valence-electron chi connectivity index (χ2n) is 6.50. The van der Waals surface area contributed by atoms with Gasteiger partial charge in [-0.15, -0.1) is 11.3 Å². The molecule has 0 spiro atoms. The van der Waals surface area contributed by atoms with Gasteiger partial charge in [-0.25, -0.2) is 0 Å². The first-order valence-electron chi connectivity index (χ1n) is 7.37. The normalized spacial score (nSPS) is 12.1. The number of likely N-dealkylation sites (N-methyl/N-ethyl adjacent to an activating group) is 1. The van der Waals surface area contributed by atoms with E-state index in [2.05, 4.69) is 68.8 Å². The highest BCUT2D eigenvalue weighted by Gasteiger charge is 2.07. The molecule has 0 bridgehead atoms. The Balaban J connectivity index is 1.98. The standard InChI is InChI=1S/C19H22ClNS/c1-19(2,3)11-6-5-7-12-21(4)13-15-9-8-10-16-17(20)14-22-18(15)16/h5,7-10,14H,12-13H2,1-4H3/b7-5+. The van der Waals surface area contributed by atoms with Gasteiger partial charge < -0.3 is 0 Å². The molecule has 0 aliphatic carbocycles. The number of benzene rings is 1. The fourth-order valence-electron chi connectivity index (χ4n) is 2.12. The molecule has 1 heterocycles. The van der Waals surface area contributed by atoms with Gasteiger partial charge >= 0.3 is 0 Å². The summed E-state index contributed by atoms with van der Waals surface area (Å²) in [6, 6.07) is 6.34. The second-order valence-corrected chi connectivity index (χ2v) is 7.78. The maximum atomic E-state index is 6.21. The van der Waals surface area contributed by atoms with Crippen molar-refractivity contribution in [1.82, 2.24) is 4.90 Å². The molecule has 3 heteroatoms. The topological polar surface area (TPSA) is 3.24 Å². The van der Waals surface area contributed by atoms with E-state index < -0.39 is 0 Å². The van der Waals surface area contributed by atoms with E-state index in [0.717, 1.165) is 23.5 Å². The second kappa shape index (κ2) is 7.33. The largest absolute Gasteiger partial charge is 0.298 e. The van der Waals surface area contributed by atoms with Gasteiger partial charge in [-0.2, -0.15) is 0 Å². The molecule has 1 aromatic heterocycles. The lowest BCUT2D eigenvalue weighted by Gasteiger charge is -2.14.